The van der Waals surface area contributed by atoms with Gasteiger partial charge in [0.05, 0.1) is 11.0 Å². The van der Waals surface area contributed by atoms with Crippen molar-refractivity contribution in [2.45, 2.75) is 12.5 Å². The first-order valence-corrected chi connectivity index (χ1v) is 6.76. The van der Waals surface area contributed by atoms with Gasteiger partial charge in [0.25, 0.3) is 5.69 Å². The fraction of sp³-hybridized carbons (Fsp3) is 0.133. The minimum atomic E-state index is -0.523. The first-order valence-electron chi connectivity index (χ1n) is 6.39. The molecule has 21 heavy (non-hydrogen) atoms. The smallest absolute Gasteiger partial charge is 0.288 e. The highest BCUT2D eigenvalue weighted by molar-refractivity contribution is 6.32. The molecule has 6 heteroatoms. The summed E-state index contributed by atoms with van der Waals surface area (Å²) in [6, 6.07) is 11.6. The molecule has 1 aliphatic rings. The third kappa shape index (κ3) is 2.48. The topological polar surface area (TPSA) is 72.2 Å². The van der Waals surface area contributed by atoms with E-state index in [-0.39, 0.29) is 29.0 Å². The van der Waals surface area contributed by atoms with Crippen LogP contribution in [-0.2, 0) is 0 Å². The lowest BCUT2D eigenvalue weighted by atomic mass is 9.92. The van der Waals surface area contributed by atoms with Crippen LogP contribution in [-0.4, -0.2) is 10.7 Å². The highest BCUT2D eigenvalue weighted by Gasteiger charge is 2.26. The number of nitrogens with zero attached hydrogens (tertiary/aromatic N) is 1. The lowest BCUT2D eigenvalue weighted by Crippen LogP contribution is -2.22. The number of anilines is 1. The quantitative estimate of drug-likeness (QED) is 0.672. The van der Waals surface area contributed by atoms with Crippen LogP contribution in [0.1, 0.15) is 28.4 Å². The zero-order valence-corrected chi connectivity index (χ0v) is 11.6. The third-order valence-electron chi connectivity index (χ3n) is 3.52. The minimum absolute atomic E-state index is 0.0203. The van der Waals surface area contributed by atoms with Crippen LogP contribution < -0.4 is 5.32 Å². The van der Waals surface area contributed by atoms with Gasteiger partial charge in [-0.3, -0.25) is 14.9 Å². The minimum Gasteiger partial charge on any atom is -0.377 e. The van der Waals surface area contributed by atoms with Crippen LogP contribution in [0.25, 0.3) is 0 Å². The van der Waals surface area contributed by atoms with Crippen LogP contribution in [0.3, 0.4) is 0 Å². The number of nitro benzene ring substituents is 1. The Morgan fingerprint density at radius 1 is 1.24 bits per heavy atom. The molecular formula is C15H11ClN2O3. The summed E-state index contributed by atoms with van der Waals surface area (Å²) >= 11 is 5.81. The summed E-state index contributed by atoms with van der Waals surface area (Å²) in [4.78, 5) is 22.6. The average Bonchev–Trinajstić information content (AvgIpc) is 2.47. The second-order valence-electron chi connectivity index (χ2n) is 4.84. The van der Waals surface area contributed by atoms with Gasteiger partial charge in [-0.25, -0.2) is 0 Å². The molecule has 0 aliphatic carbocycles. The van der Waals surface area contributed by atoms with E-state index < -0.39 is 4.92 Å². The molecule has 1 N–H and O–H groups in total. The van der Waals surface area contributed by atoms with Crippen molar-refractivity contribution in [3.63, 3.8) is 0 Å². The van der Waals surface area contributed by atoms with E-state index in [0.717, 1.165) is 5.69 Å². The zero-order valence-electron chi connectivity index (χ0n) is 10.9. The lowest BCUT2D eigenvalue weighted by molar-refractivity contribution is -0.384. The van der Waals surface area contributed by atoms with Gasteiger partial charge in [0.2, 0.25) is 0 Å². The number of carbonyl (C=O) groups excluding carboxylic acids is 1. The maximum absolute atomic E-state index is 12.2. The molecule has 0 amide bonds. The van der Waals surface area contributed by atoms with Gasteiger partial charge in [0.15, 0.2) is 5.78 Å². The van der Waals surface area contributed by atoms with Crippen molar-refractivity contribution in [1.82, 2.24) is 0 Å². The van der Waals surface area contributed by atoms with Gasteiger partial charge in [0, 0.05) is 23.7 Å². The molecule has 2 aromatic carbocycles. The monoisotopic (exact) mass is 302 g/mol. The van der Waals surface area contributed by atoms with Crippen LogP contribution in [0.15, 0.2) is 42.5 Å². The van der Waals surface area contributed by atoms with Crippen LogP contribution >= 0.6 is 11.6 Å². The summed E-state index contributed by atoms with van der Waals surface area (Å²) in [5.41, 5.74) is 1.92. The molecule has 0 bridgehead atoms. The zero-order chi connectivity index (χ0) is 15.0. The number of nitrogens with one attached hydrogen (secondary N) is 1. The van der Waals surface area contributed by atoms with Crippen molar-refractivity contribution in [2.75, 3.05) is 5.32 Å². The summed E-state index contributed by atoms with van der Waals surface area (Å²) in [5.74, 6) is 0.0203. The summed E-state index contributed by atoms with van der Waals surface area (Å²) < 4.78 is 0. The van der Waals surface area contributed by atoms with Gasteiger partial charge in [-0.15, -0.1) is 0 Å². The van der Waals surface area contributed by atoms with E-state index in [1.807, 2.05) is 18.2 Å². The third-order valence-corrected chi connectivity index (χ3v) is 3.84. The molecule has 106 valence electrons. The Balaban J connectivity index is 1.98. The molecule has 0 spiro atoms. The van der Waals surface area contributed by atoms with Crippen molar-refractivity contribution < 1.29 is 9.72 Å². The Bertz CT molecular complexity index is 745. The van der Waals surface area contributed by atoms with Gasteiger partial charge >= 0.3 is 0 Å². The van der Waals surface area contributed by atoms with Gasteiger partial charge in [-0.1, -0.05) is 29.8 Å². The van der Waals surface area contributed by atoms with Crippen LogP contribution in [0.4, 0.5) is 11.4 Å². The number of rotatable bonds is 2. The molecule has 2 aromatic rings. The maximum Gasteiger partial charge on any atom is 0.288 e. The molecule has 0 fully saturated rings. The van der Waals surface area contributed by atoms with Crippen LogP contribution in [0.2, 0.25) is 5.02 Å². The van der Waals surface area contributed by atoms with Crippen molar-refractivity contribution >= 4 is 28.8 Å². The number of benzene rings is 2. The normalized spacial score (nSPS) is 17.0. The summed E-state index contributed by atoms with van der Waals surface area (Å²) in [6.45, 7) is 0. The number of halogens is 1. The van der Waals surface area contributed by atoms with E-state index in [4.69, 9.17) is 11.6 Å². The summed E-state index contributed by atoms with van der Waals surface area (Å²) in [5, 5.41) is 14.3. The maximum atomic E-state index is 12.2. The van der Waals surface area contributed by atoms with Gasteiger partial charge in [-0.05, 0) is 23.8 Å². The number of fused-ring (bicyclic) bond motifs is 1. The summed E-state index contributed by atoms with van der Waals surface area (Å²) in [6.07, 6.45) is 0.260. The van der Waals surface area contributed by atoms with E-state index in [2.05, 4.69) is 5.32 Å². The Labute approximate surface area is 125 Å². The van der Waals surface area contributed by atoms with Crippen molar-refractivity contribution in [3.05, 3.63) is 68.7 Å². The number of hydrogen-bond acceptors (Lipinski definition) is 4. The largest absolute Gasteiger partial charge is 0.377 e. The summed E-state index contributed by atoms with van der Waals surface area (Å²) in [7, 11) is 0. The van der Waals surface area contributed by atoms with Crippen molar-refractivity contribution in [1.29, 1.82) is 0 Å². The molecule has 3 rings (SSSR count). The van der Waals surface area contributed by atoms with E-state index in [1.54, 1.807) is 12.1 Å². The number of nitro groups is 1. The predicted octanol–water partition coefficient (Wildman–Crippen LogP) is 3.99. The first-order chi connectivity index (χ1) is 10.1. The van der Waals surface area contributed by atoms with Crippen molar-refractivity contribution in [3.8, 4) is 0 Å². The van der Waals surface area contributed by atoms with E-state index in [9.17, 15) is 14.9 Å². The molecule has 0 saturated carbocycles. The molecular weight excluding hydrogens is 292 g/mol. The van der Waals surface area contributed by atoms with E-state index in [0.29, 0.717) is 11.1 Å². The molecule has 0 saturated heterocycles. The number of carbonyl (C=O) groups is 1. The Kier molecular flexibility index (Phi) is 3.35. The molecule has 1 atom stereocenters. The van der Waals surface area contributed by atoms with Crippen LogP contribution in [0, 0.1) is 10.1 Å². The second-order valence-corrected chi connectivity index (χ2v) is 5.24. The highest BCUT2D eigenvalue weighted by Crippen LogP contribution is 2.35. The Morgan fingerprint density at radius 3 is 2.76 bits per heavy atom. The predicted molar refractivity (Wildman–Crippen MR) is 79.9 cm³/mol. The van der Waals surface area contributed by atoms with Crippen LogP contribution in [0.5, 0.6) is 0 Å². The molecule has 1 unspecified atom stereocenters. The molecule has 0 radical (unpaired) electrons. The first kappa shape index (κ1) is 13.6. The van der Waals surface area contributed by atoms with E-state index in [1.165, 1.54) is 12.1 Å². The fourth-order valence-electron chi connectivity index (χ4n) is 2.47. The number of ketones is 1. The number of Topliss-reactive ketones (excluding diaryl/α,β-unsaturated/α-hetero) is 1. The Hall–Kier alpha value is -2.40. The van der Waals surface area contributed by atoms with Gasteiger partial charge in [-0.2, -0.15) is 0 Å². The number of hydrogen-bond donors (Lipinski definition) is 1. The fourth-order valence-corrected chi connectivity index (χ4v) is 2.66. The van der Waals surface area contributed by atoms with Crippen molar-refractivity contribution in [2.24, 2.45) is 0 Å². The second kappa shape index (κ2) is 5.18. The van der Waals surface area contributed by atoms with Gasteiger partial charge in [0.1, 0.15) is 5.02 Å². The average molecular weight is 303 g/mol. The molecule has 1 aliphatic heterocycles. The Morgan fingerprint density at radius 2 is 2.00 bits per heavy atom. The lowest BCUT2D eigenvalue weighted by Gasteiger charge is -2.26. The molecule has 1 heterocycles. The molecule has 5 nitrogen and oxygen atoms in total. The number of para-hydroxylation sites is 1. The highest BCUT2D eigenvalue weighted by atomic mass is 35.5. The SMILES string of the molecule is O=C1CC(c2ccc(Cl)c([N+](=O)[O-])c2)Nc2ccccc21. The molecule has 0 aromatic heterocycles. The van der Waals surface area contributed by atoms with E-state index >= 15 is 0 Å². The van der Waals surface area contributed by atoms with Gasteiger partial charge < -0.3 is 5.32 Å². The standard InChI is InChI=1S/C15H11ClN2O3/c16-11-6-5-9(7-14(11)18(20)21)13-8-15(19)10-3-1-2-4-12(10)17-13/h1-7,13,17H,8H2.